The lowest BCUT2D eigenvalue weighted by Gasteiger charge is -2.15. The molecule has 5 nitrogen and oxygen atoms in total. The van der Waals surface area contributed by atoms with Gasteiger partial charge in [-0.15, -0.1) is 12.4 Å². The molecule has 0 saturated heterocycles. The van der Waals surface area contributed by atoms with E-state index >= 15 is 0 Å². The predicted octanol–water partition coefficient (Wildman–Crippen LogP) is 2.83. The summed E-state index contributed by atoms with van der Waals surface area (Å²) in [5.74, 6) is 0.604. The van der Waals surface area contributed by atoms with E-state index in [1.165, 1.54) is 6.39 Å². The zero-order chi connectivity index (χ0) is 13.9. The van der Waals surface area contributed by atoms with Gasteiger partial charge in [-0.25, -0.2) is 4.98 Å². The molecule has 6 heteroatoms. The van der Waals surface area contributed by atoms with Crippen LogP contribution in [0.3, 0.4) is 0 Å². The van der Waals surface area contributed by atoms with Crippen LogP contribution in [0.15, 0.2) is 41.3 Å². The molecule has 1 aromatic carbocycles. The SMILES string of the molecule is Cl.NC1CCCC1C(=O)Nc1cccc(-c2cnco2)c1. The summed E-state index contributed by atoms with van der Waals surface area (Å²) in [7, 11) is 0. The number of nitrogens with two attached hydrogens (primary N) is 1. The van der Waals surface area contributed by atoms with Gasteiger partial charge in [0.2, 0.25) is 5.91 Å². The Bertz CT molecular complexity index is 601. The van der Waals surface area contributed by atoms with Crippen LogP contribution in [-0.4, -0.2) is 16.9 Å². The van der Waals surface area contributed by atoms with Gasteiger partial charge in [-0.2, -0.15) is 0 Å². The molecule has 21 heavy (non-hydrogen) atoms. The quantitative estimate of drug-likeness (QED) is 0.913. The van der Waals surface area contributed by atoms with E-state index in [1.54, 1.807) is 6.20 Å². The molecular formula is C15H18ClN3O2. The van der Waals surface area contributed by atoms with Crippen molar-refractivity contribution >= 4 is 24.0 Å². The maximum Gasteiger partial charge on any atom is 0.229 e. The van der Waals surface area contributed by atoms with Crippen molar-refractivity contribution in [1.29, 1.82) is 0 Å². The zero-order valence-corrected chi connectivity index (χ0v) is 12.3. The summed E-state index contributed by atoms with van der Waals surface area (Å²) in [6.07, 6.45) is 5.86. The Balaban J connectivity index is 0.00000161. The maximum absolute atomic E-state index is 12.2. The minimum absolute atomic E-state index is 0. The standard InChI is InChI=1S/C15H17N3O2.ClH/c16-13-6-2-5-12(13)15(19)18-11-4-1-3-10(7-11)14-8-17-9-20-14;/h1,3-4,7-9,12-13H,2,5-6,16H2,(H,18,19);1H. The monoisotopic (exact) mass is 307 g/mol. The number of rotatable bonds is 3. The summed E-state index contributed by atoms with van der Waals surface area (Å²) in [6.45, 7) is 0. The highest BCUT2D eigenvalue weighted by Gasteiger charge is 2.30. The summed E-state index contributed by atoms with van der Waals surface area (Å²) in [4.78, 5) is 16.1. The highest BCUT2D eigenvalue weighted by atomic mass is 35.5. The second-order valence-corrected chi connectivity index (χ2v) is 5.14. The average molecular weight is 308 g/mol. The van der Waals surface area contributed by atoms with Crippen LogP contribution >= 0.6 is 12.4 Å². The molecule has 2 aromatic rings. The first kappa shape index (κ1) is 15.5. The molecule has 0 radical (unpaired) electrons. The van der Waals surface area contributed by atoms with Gasteiger partial charge in [0, 0.05) is 17.3 Å². The van der Waals surface area contributed by atoms with Crippen LogP contribution in [0, 0.1) is 5.92 Å². The Hall–Kier alpha value is -1.85. The number of carbonyl (C=O) groups excluding carboxylic acids is 1. The van der Waals surface area contributed by atoms with Gasteiger partial charge in [0.25, 0.3) is 0 Å². The summed E-state index contributed by atoms with van der Waals surface area (Å²) in [5.41, 5.74) is 7.59. The highest BCUT2D eigenvalue weighted by molar-refractivity contribution is 5.93. The predicted molar refractivity (Wildman–Crippen MR) is 83.1 cm³/mol. The number of carbonyl (C=O) groups is 1. The number of hydrogen-bond acceptors (Lipinski definition) is 4. The van der Waals surface area contributed by atoms with Crippen LogP contribution in [-0.2, 0) is 4.79 Å². The summed E-state index contributed by atoms with van der Waals surface area (Å²) < 4.78 is 5.25. The minimum Gasteiger partial charge on any atom is -0.444 e. The molecule has 3 rings (SSSR count). The van der Waals surface area contributed by atoms with Crippen LogP contribution in [0.4, 0.5) is 5.69 Å². The molecule has 3 N–H and O–H groups in total. The largest absolute Gasteiger partial charge is 0.444 e. The Kier molecular flexibility index (Phi) is 4.98. The van der Waals surface area contributed by atoms with Crippen molar-refractivity contribution in [3.8, 4) is 11.3 Å². The fourth-order valence-corrected chi connectivity index (χ4v) is 2.66. The number of benzene rings is 1. The molecule has 0 spiro atoms. The van der Waals surface area contributed by atoms with Gasteiger partial charge in [0.15, 0.2) is 12.2 Å². The lowest BCUT2D eigenvalue weighted by Crippen LogP contribution is -2.34. The van der Waals surface area contributed by atoms with E-state index in [0.717, 1.165) is 30.5 Å². The molecule has 112 valence electrons. The Morgan fingerprint density at radius 3 is 2.90 bits per heavy atom. The molecule has 0 bridgehead atoms. The molecule has 1 aromatic heterocycles. The van der Waals surface area contributed by atoms with Gasteiger partial charge >= 0.3 is 0 Å². The van der Waals surface area contributed by atoms with Crippen molar-refractivity contribution in [1.82, 2.24) is 4.98 Å². The first-order valence-electron chi connectivity index (χ1n) is 6.79. The van der Waals surface area contributed by atoms with Crippen LogP contribution in [0.5, 0.6) is 0 Å². The molecule has 2 atom stereocenters. The molecule has 0 aliphatic heterocycles. The van der Waals surface area contributed by atoms with E-state index in [0.29, 0.717) is 5.76 Å². The number of nitrogens with zero attached hydrogens (tertiary/aromatic N) is 1. The third kappa shape index (κ3) is 3.43. The van der Waals surface area contributed by atoms with Crippen molar-refractivity contribution in [3.05, 3.63) is 36.9 Å². The first-order chi connectivity index (χ1) is 9.74. The van der Waals surface area contributed by atoms with E-state index in [-0.39, 0.29) is 30.3 Å². The number of anilines is 1. The van der Waals surface area contributed by atoms with E-state index in [4.69, 9.17) is 10.2 Å². The molecule has 1 saturated carbocycles. The fourth-order valence-electron chi connectivity index (χ4n) is 2.66. The van der Waals surface area contributed by atoms with Gasteiger partial charge in [0.1, 0.15) is 0 Å². The third-order valence-electron chi connectivity index (χ3n) is 3.75. The number of aromatic nitrogens is 1. The lowest BCUT2D eigenvalue weighted by molar-refractivity contribution is -0.120. The van der Waals surface area contributed by atoms with Crippen molar-refractivity contribution < 1.29 is 9.21 Å². The summed E-state index contributed by atoms with van der Waals surface area (Å²) >= 11 is 0. The van der Waals surface area contributed by atoms with Gasteiger partial charge in [0.05, 0.1) is 12.1 Å². The zero-order valence-electron chi connectivity index (χ0n) is 11.5. The maximum atomic E-state index is 12.2. The number of hydrogen-bond donors (Lipinski definition) is 2. The Labute approximate surface area is 129 Å². The molecule has 1 aliphatic rings. The molecule has 1 amide bonds. The van der Waals surface area contributed by atoms with Crippen LogP contribution in [0.25, 0.3) is 11.3 Å². The van der Waals surface area contributed by atoms with E-state index in [9.17, 15) is 4.79 Å². The van der Waals surface area contributed by atoms with Gasteiger partial charge in [-0.3, -0.25) is 4.79 Å². The topological polar surface area (TPSA) is 81.2 Å². The smallest absolute Gasteiger partial charge is 0.229 e. The minimum atomic E-state index is -0.0797. The van der Waals surface area contributed by atoms with Crippen molar-refractivity contribution in [3.63, 3.8) is 0 Å². The third-order valence-corrected chi connectivity index (χ3v) is 3.75. The van der Waals surface area contributed by atoms with Crippen LogP contribution < -0.4 is 11.1 Å². The van der Waals surface area contributed by atoms with Crippen molar-refractivity contribution in [2.75, 3.05) is 5.32 Å². The molecule has 1 aliphatic carbocycles. The molecule has 2 unspecified atom stereocenters. The molecule has 1 fully saturated rings. The number of nitrogens with one attached hydrogen (secondary N) is 1. The van der Waals surface area contributed by atoms with Crippen LogP contribution in [0.1, 0.15) is 19.3 Å². The molecular weight excluding hydrogens is 290 g/mol. The first-order valence-corrected chi connectivity index (χ1v) is 6.79. The molecule has 1 heterocycles. The highest BCUT2D eigenvalue weighted by Crippen LogP contribution is 2.26. The average Bonchev–Trinajstić information content (AvgIpc) is 3.09. The summed E-state index contributed by atoms with van der Waals surface area (Å²) in [6, 6.07) is 7.50. The lowest BCUT2D eigenvalue weighted by atomic mass is 10.0. The Morgan fingerprint density at radius 1 is 1.38 bits per heavy atom. The van der Waals surface area contributed by atoms with Crippen molar-refractivity contribution in [2.24, 2.45) is 11.7 Å². The summed E-state index contributed by atoms with van der Waals surface area (Å²) in [5, 5.41) is 2.94. The van der Waals surface area contributed by atoms with E-state index < -0.39 is 0 Å². The van der Waals surface area contributed by atoms with Gasteiger partial charge < -0.3 is 15.5 Å². The Morgan fingerprint density at radius 2 is 2.24 bits per heavy atom. The van der Waals surface area contributed by atoms with Crippen LogP contribution in [0.2, 0.25) is 0 Å². The van der Waals surface area contributed by atoms with Gasteiger partial charge in [-0.05, 0) is 25.0 Å². The second-order valence-electron chi connectivity index (χ2n) is 5.14. The normalized spacial score (nSPS) is 20.8. The number of halogens is 1. The van der Waals surface area contributed by atoms with Crippen molar-refractivity contribution in [2.45, 2.75) is 25.3 Å². The number of amides is 1. The number of oxazole rings is 1. The van der Waals surface area contributed by atoms with Gasteiger partial charge in [-0.1, -0.05) is 18.6 Å². The van der Waals surface area contributed by atoms with E-state index in [1.807, 2.05) is 24.3 Å². The van der Waals surface area contributed by atoms with E-state index in [2.05, 4.69) is 10.3 Å². The second kappa shape index (κ2) is 6.74. The fraction of sp³-hybridized carbons (Fsp3) is 0.333.